The largest absolute Gasteiger partial charge is 0.370 e. The van der Waals surface area contributed by atoms with Crippen LogP contribution in [0.1, 0.15) is 62.1 Å². The molecule has 2 aliphatic heterocycles. The molecular formula is C23H31N5O. The van der Waals surface area contributed by atoms with Gasteiger partial charge in [-0.1, -0.05) is 7.43 Å². The third kappa shape index (κ3) is 6.56. The van der Waals surface area contributed by atoms with Crippen LogP contribution >= 0.6 is 0 Å². The van der Waals surface area contributed by atoms with Gasteiger partial charge in [0.15, 0.2) is 6.29 Å². The Morgan fingerprint density at radius 3 is 1.69 bits per heavy atom. The molecule has 6 heteroatoms. The molecule has 6 nitrogen and oxygen atoms in total. The molecule has 2 aliphatic rings. The van der Waals surface area contributed by atoms with E-state index < -0.39 is 0 Å². The topological polar surface area (TPSA) is 73.1 Å². The fourth-order valence-corrected chi connectivity index (χ4v) is 3.60. The summed E-state index contributed by atoms with van der Waals surface area (Å²) in [6.07, 6.45) is 12.1. The van der Waals surface area contributed by atoms with Gasteiger partial charge in [-0.05, 0) is 62.8 Å². The second kappa shape index (κ2) is 11.8. The van der Waals surface area contributed by atoms with Crippen LogP contribution < -0.4 is 9.80 Å². The van der Waals surface area contributed by atoms with Gasteiger partial charge >= 0.3 is 0 Å². The van der Waals surface area contributed by atoms with E-state index in [0.717, 1.165) is 43.8 Å². The number of carbonyl (C=O) groups excluding carboxylic acids is 1. The molecule has 2 aromatic heterocycles. The minimum Gasteiger partial charge on any atom is -0.370 e. The highest BCUT2D eigenvalue weighted by atomic mass is 16.1. The van der Waals surface area contributed by atoms with E-state index in [2.05, 4.69) is 19.8 Å². The normalized spacial score (nSPS) is 16.0. The third-order valence-corrected chi connectivity index (χ3v) is 5.20. The highest BCUT2D eigenvalue weighted by molar-refractivity contribution is 5.72. The number of hydrogen-bond donors (Lipinski definition) is 0. The molecular weight excluding hydrogens is 362 g/mol. The molecule has 0 unspecified atom stereocenters. The Morgan fingerprint density at radius 2 is 1.31 bits per heavy atom. The van der Waals surface area contributed by atoms with E-state index in [4.69, 9.17) is 5.26 Å². The number of nitriles is 1. The second-order valence-corrected chi connectivity index (χ2v) is 7.17. The van der Waals surface area contributed by atoms with E-state index in [1.807, 2.05) is 18.2 Å². The summed E-state index contributed by atoms with van der Waals surface area (Å²) in [5.74, 6) is 0. The van der Waals surface area contributed by atoms with Crippen LogP contribution in [0.15, 0.2) is 36.7 Å². The van der Waals surface area contributed by atoms with E-state index in [1.165, 1.54) is 38.5 Å². The first-order valence-electron chi connectivity index (χ1n) is 10.1. The summed E-state index contributed by atoms with van der Waals surface area (Å²) in [5, 5.41) is 8.61. The zero-order valence-corrected chi connectivity index (χ0v) is 16.3. The van der Waals surface area contributed by atoms with Crippen molar-refractivity contribution in [3.63, 3.8) is 0 Å². The summed E-state index contributed by atoms with van der Waals surface area (Å²) in [6.45, 7) is 4.46. The molecule has 29 heavy (non-hydrogen) atoms. The Balaban J connectivity index is 0.000000200. The van der Waals surface area contributed by atoms with E-state index in [-0.39, 0.29) is 7.43 Å². The predicted molar refractivity (Wildman–Crippen MR) is 117 cm³/mol. The van der Waals surface area contributed by atoms with Crippen LogP contribution in [0.3, 0.4) is 0 Å². The number of aldehydes is 1. The number of hydrogen-bond acceptors (Lipinski definition) is 6. The summed E-state index contributed by atoms with van der Waals surface area (Å²) in [7, 11) is 0. The lowest BCUT2D eigenvalue weighted by Gasteiger charge is -2.28. The Bertz CT molecular complexity index is 770. The number of rotatable bonds is 3. The van der Waals surface area contributed by atoms with Crippen molar-refractivity contribution in [2.24, 2.45) is 0 Å². The van der Waals surface area contributed by atoms with Crippen molar-refractivity contribution >= 4 is 17.7 Å². The summed E-state index contributed by atoms with van der Waals surface area (Å²) in [4.78, 5) is 23.2. The Labute approximate surface area is 174 Å². The van der Waals surface area contributed by atoms with Crippen molar-refractivity contribution in [3.05, 3.63) is 48.0 Å². The molecule has 0 N–H and O–H groups in total. The van der Waals surface area contributed by atoms with Gasteiger partial charge in [-0.25, -0.2) is 4.98 Å². The molecule has 4 rings (SSSR count). The molecule has 0 bridgehead atoms. The molecule has 0 spiro atoms. The first-order valence-corrected chi connectivity index (χ1v) is 10.1. The number of pyridine rings is 2. The minimum absolute atomic E-state index is 0. The van der Waals surface area contributed by atoms with Crippen LogP contribution in [0.25, 0.3) is 0 Å². The minimum atomic E-state index is 0. The van der Waals surface area contributed by atoms with Crippen LogP contribution in [0.5, 0.6) is 0 Å². The van der Waals surface area contributed by atoms with Crippen LogP contribution in [-0.2, 0) is 0 Å². The van der Waals surface area contributed by atoms with Crippen molar-refractivity contribution < 1.29 is 4.79 Å². The lowest BCUT2D eigenvalue weighted by molar-refractivity contribution is 0.111. The number of aromatic nitrogens is 2. The fourth-order valence-electron chi connectivity index (χ4n) is 3.60. The molecule has 2 fully saturated rings. The van der Waals surface area contributed by atoms with Gasteiger partial charge in [-0.3, -0.25) is 9.78 Å². The average molecular weight is 394 g/mol. The summed E-state index contributed by atoms with van der Waals surface area (Å²) < 4.78 is 0. The van der Waals surface area contributed by atoms with E-state index in [0.29, 0.717) is 11.4 Å². The van der Waals surface area contributed by atoms with Gasteiger partial charge < -0.3 is 9.80 Å². The maximum atomic E-state index is 10.4. The Morgan fingerprint density at radius 1 is 0.793 bits per heavy atom. The van der Waals surface area contributed by atoms with Crippen LogP contribution in [0, 0.1) is 11.3 Å². The molecule has 0 atom stereocenters. The summed E-state index contributed by atoms with van der Waals surface area (Å²) >= 11 is 0. The molecule has 4 heterocycles. The van der Waals surface area contributed by atoms with E-state index in [9.17, 15) is 4.79 Å². The number of carbonyl (C=O) groups is 1. The van der Waals surface area contributed by atoms with Gasteiger partial charge in [0, 0.05) is 26.2 Å². The predicted octanol–water partition coefficient (Wildman–Crippen LogP) is 4.46. The van der Waals surface area contributed by atoms with Crippen molar-refractivity contribution in [3.8, 4) is 6.07 Å². The van der Waals surface area contributed by atoms with Gasteiger partial charge in [0.1, 0.15) is 17.5 Å². The molecule has 0 aliphatic carbocycles. The number of nitrogens with zero attached hydrogens (tertiary/aromatic N) is 5. The smallest absolute Gasteiger partial charge is 0.168 e. The fraction of sp³-hybridized carbons (Fsp3) is 0.478. The molecule has 154 valence electrons. The monoisotopic (exact) mass is 393 g/mol. The van der Waals surface area contributed by atoms with Gasteiger partial charge in [-0.15, -0.1) is 0 Å². The summed E-state index contributed by atoms with van der Waals surface area (Å²) in [6, 6.07) is 9.54. The average Bonchev–Trinajstić information content (AvgIpc) is 2.81. The zero-order chi connectivity index (χ0) is 19.6. The SMILES string of the molecule is C.N#Cc1ccc(N2CCCCC2)cn1.O=Cc1ccc(N2CCCCC2)cn1. The molecule has 0 radical (unpaired) electrons. The van der Waals surface area contributed by atoms with Gasteiger partial charge in [0.25, 0.3) is 0 Å². The van der Waals surface area contributed by atoms with E-state index >= 15 is 0 Å². The van der Waals surface area contributed by atoms with Crippen molar-refractivity contribution in [1.82, 2.24) is 9.97 Å². The standard InChI is InChI=1S/C11H13N3.C11H14N2O.CH4/c12-8-10-4-5-11(9-13-10)14-6-2-1-3-7-14;14-9-10-4-5-11(8-12-10)13-6-2-1-3-7-13;/h4-5,9H,1-3,6-7H2;4-5,8-9H,1-3,6-7H2;1H4. The van der Waals surface area contributed by atoms with Crippen LogP contribution in [0.2, 0.25) is 0 Å². The van der Waals surface area contributed by atoms with Crippen LogP contribution in [0.4, 0.5) is 11.4 Å². The van der Waals surface area contributed by atoms with Crippen molar-refractivity contribution in [2.45, 2.75) is 46.0 Å². The summed E-state index contributed by atoms with van der Waals surface area (Å²) in [5.41, 5.74) is 3.27. The quantitative estimate of drug-likeness (QED) is 0.717. The highest BCUT2D eigenvalue weighted by Gasteiger charge is 2.11. The van der Waals surface area contributed by atoms with Gasteiger partial charge in [-0.2, -0.15) is 5.26 Å². The molecule has 0 saturated carbocycles. The van der Waals surface area contributed by atoms with Crippen molar-refractivity contribution in [1.29, 1.82) is 5.26 Å². The Hall–Kier alpha value is -2.94. The molecule has 0 aromatic carbocycles. The first kappa shape index (κ1) is 22.4. The number of anilines is 2. The van der Waals surface area contributed by atoms with Crippen molar-refractivity contribution in [2.75, 3.05) is 36.0 Å². The molecule has 2 saturated heterocycles. The number of piperidine rings is 2. The molecule has 0 amide bonds. The third-order valence-electron chi connectivity index (χ3n) is 5.20. The van der Waals surface area contributed by atoms with Crippen LogP contribution in [-0.4, -0.2) is 42.4 Å². The lowest BCUT2D eigenvalue weighted by atomic mass is 10.1. The molecule has 2 aromatic rings. The lowest BCUT2D eigenvalue weighted by Crippen LogP contribution is -2.29. The Kier molecular flexibility index (Phi) is 9.10. The van der Waals surface area contributed by atoms with E-state index in [1.54, 1.807) is 24.5 Å². The van der Waals surface area contributed by atoms with Gasteiger partial charge in [0.2, 0.25) is 0 Å². The maximum absolute atomic E-state index is 10.4. The zero-order valence-electron chi connectivity index (χ0n) is 16.3. The first-order chi connectivity index (χ1) is 13.8. The van der Waals surface area contributed by atoms with Gasteiger partial charge in [0.05, 0.1) is 23.8 Å². The maximum Gasteiger partial charge on any atom is 0.168 e. The highest BCUT2D eigenvalue weighted by Crippen LogP contribution is 2.19. The second-order valence-electron chi connectivity index (χ2n) is 7.17.